The molecule has 0 unspecified atom stereocenters. The average Bonchev–Trinajstić information content (AvgIpc) is 3.20. The van der Waals surface area contributed by atoms with Crippen LogP contribution in [0.2, 0.25) is 0 Å². The quantitative estimate of drug-likeness (QED) is 0.527. The first kappa shape index (κ1) is 24.1. The summed E-state index contributed by atoms with van der Waals surface area (Å²) in [5, 5.41) is 4.93. The zero-order valence-electron chi connectivity index (χ0n) is 21.3. The molecule has 1 aliphatic carbocycles. The number of likely N-dealkylation sites (N-methyl/N-ethyl adjacent to an activating group) is 1. The highest BCUT2D eigenvalue weighted by Gasteiger charge is 2.25. The molecule has 188 valence electrons. The highest BCUT2D eigenvalue weighted by Crippen LogP contribution is 2.32. The second-order valence-electron chi connectivity index (χ2n) is 10.2. The van der Waals surface area contributed by atoms with Crippen molar-refractivity contribution < 1.29 is 4.79 Å². The van der Waals surface area contributed by atoms with Crippen LogP contribution in [-0.2, 0) is 7.05 Å². The number of carbonyl (C=O) groups excluding carboxylic acids is 1. The lowest BCUT2D eigenvalue weighted by atomic mass is 9.95. The van der Waals surface area contributed by atoms with Crippen LogP contribution in [0.15, 0.2) is 35.3 Å². The van der Waals surface area contributed by atoms with E-state index in [9.17, 15) is 9.59 Å². The predicted octanol–water partition coefficient (Wildman–Crippen LogP) is 3.76. The Morgan fingerprint density at radius 2 is 1.74 bits per heavy atom. The topological polar surface area (TPSA) is 62.5 Å². The lowest BCUT2D eigenvalue weighted by Crippen LogP contribution is -2.46. The molecule has 1 saturated carbocycles. The number of aryl methyl sites for hydroxylation is 1. The maximum Gasteiger partial charge on any atom is 0.275 e. The van der Waals surface area contributed by atoms with E-state index in [0.29, 0.717) is 17.6 Å². The minimum Gasteiger partial charge on any atom is -0.352 e. The van der Waals surface area contributed by atoms with Gasteiger partial charge in [0.2, 0.25) is 0 Å². The van der Waals surface area contributed by atoms with Crippen LogP contribution in [0.3, 0.4) is 0 Å². The molecule has 3 aromatic rings. The number of hydrogen-bond donors (Lipinski definition) is 1. The molecule has 1 aromatic carbocycles. The molecule has 1 amide bonds. The number of para-hydroxylation sites is 1. The third kappa shape index (κ3) is 4.76. The fraction of sp³-hybridized carbons (Fsp3) is 0.571. The lowest BCUT2D eigenvalue weighted by Gasteiger charge is -2.33. The van der Waals surface area contributed by atoms with Gasteiger partial charge in [0, 0.05) is 68.3 Å². The number of fused-ring (bicyclic) bond motifs is 3. The van der Waals surface area contributed by atoms with Gasteiger partial charge in [0.25, 0.3) is 11.5 Å². The summed E-state index contributed by atoms with van der Waals surface area (Å²) in [6, 6.07) is 8.19. The number of rotatable bonds is 7. The first-order valence-corrected chi connectivity index (χ1v) is 13.4. The molecule has 2 aliphatic rings. The SMILES string of the molecule is CCN1CCN(CCCNC(=O)c2cn(C3CCCCC3)c(=O)c3c2c2ccccc2n3C)CC1. The van der Waals surface area contributed by atoms with Gasteiger partial charge in [0.05, 0.1) is 5.56 Å². The van der Waals surface area contributed by atoms with Crippen molar-refractivity contribution in [3.05, 3.63) is 46.4 Å². The summed E-state index contributed by atoms with van der Waals surface area (Å²) in [6.45, 7) is 9.44. The molecule has 5 rings (SSSR count). The molecule has 1 saturated heterocycles. The molecule has 2 aromatic heterocycles. The first-order chi connectivity index (χ1) is 17.1. The Balaban J connectivity index is 1.40. The highest BCUT2D eigenvalue weighted by atomic mass is 16.2. The summed E-state index contributed by atoms with van der Waals surface area (Å²) in [4.78, 5) is 32.2. The zero-order chi connectivity index (χ0) is 24.4. The summed E-state index contributed by atoms with van der Waals surface area (Å²) in [5.74, 6) is -0.0771. The Morgan fingerprint density at radius 1 is 1.03 bits per heavy atom. The number of aromatic nitrogens is 2. The standard InChI is InChI=1S/C28H39N5O2/c1-3-31-16-18-32(19-17-31)15-9-14-29-27(34)23-20-33(21-10-5-4-6-11-21)28(35)26-25(23)22-12-7-8-13-24(22)30(26)2/h7-8,12-13,20-21H,3-6,9-11,14-19H2,1-2H3,(H,29,34). The summed E-state index contributed by atoms with van der Waals surface area (Å²) in [7, 11) is 1.94. The van der Waals surface area contributed by atoms with Crippen LogP contribution in [0.1, 0.15) is 61.8 Å². The van der Waals surface area contributed by atoms with Crippen LogP contribution < -0.4 is 10.9 Å². The number of carbonyl (C=O) groups is 1. The first-order valence-electron chi connectivity index (χ1n) is 13.4. The van der Waals surface area contributed by atoms with Gasteiger partial charge in [-0.05, 0) is 38.4 Å². The van der Waals surface area contributed by atoms with E-state index in [2.05, 4.69) is 22.0 Å². The maximum atomic E-state index is 13.7. The number of nitrogens with one attached hydrogen (secondary N) is 1. The number of hydrogen-bond acceptors (Lipinski definition) is 4. The Morgan fingerprint density at radius 3 is 2.49 bits per heavy atom. The van der Waals surface area contributed by atoms with Gasteiger partial charge in [-0.15, -0.1) is 0 Å². The largest absolute Gasteiger partial charge is 0.352 e. The van der Waals surface area contributed by atoms with Gasteiger partial charge in [0.15, 0.2) is 0 Å². The Bertz CT molecular complexity index is 1250. The number of nitrogens with zero attached hydrogens (tertiary/aromatic N) is 4. The minimum absolute atomic E-state index is 0.0216. The van der Waals surface area contributed by atoms with E-state index in [1.54, 1.807) is 0 Å². The van der Waals surface area contributed by atoms with Crippen molar-refractivity contribution in [1.82, 2.24) is 24.3 Å². The van der Waals surface area contributed by atoms with Gasteiger partial charge >= 0.3 is 0 Å². The van der Waals surface area contributed by atoms with Gasteiger partial charge in [-0.25, -0.2) is 0 Å². The van der Waals surface area contributed by atoms with Gasteiger partial charge < -0.3 is 24.3 Å². The molecule has 35 heavy (non-hydrogen) atoms. The predicted molar refractivity (Wildman–Crippen MR) is 142 cm³/mol. The van der Waals surface area contributed by atoms with E-state index >= 15 is 0 Å². The van der Waals surface area contributed by atoms with Gasteiger partial charge in [-0.3, -0.25) is 9.59 Å². The van der Waals surface area contributed by atoms with Crippen molar-refractivity contribution in [1.29, 1.82) is 0 Å². The van der Waals surface area contributed by atoms with Gasteiger partial charge in [-0.1, -0.05) is 44.4 Å². The molecular weight excluding hydrogens is 438 g/mol. The van der Waals surface area contributed by atoms with Crippen molar-refractivity contribution in [2.24, 2.45) is 7.05 Å². The molecule has 0 spiro atoms. The van der Waals surface area contributed by atoms with E-state index in [4.69, 9.17) is 0 Å². The second-order valence-corrected chi connectivity index (χ2v) is 10.2. The normalized spacial score (nSPS) is 18.5. The van der Waals surface area contributed by atoms with E-state index < -0.39 is 0 Å². The van der Waals surface area contributed by atoms with Crippen molar-refractivity contribution >= 4 is 27.7 Å². The lowest BCUT2D eigenvalue weighted by molar-refractivity contribution is 0.0949. The van der Waals surface area contributed by atoms with Crippen LogP contribution in [0.4, 0.5) is 0 Å². The van der Waals surface area contributed by atoms with Crippen LogP contribution >= 0.6 is 0 Å². The van der Waals surface area contributed by atoms with Crippen molar-refractivity contribution in [2.45, 2.75) is 51.5 Å². The summed E-state index contributed by atoms with van der Waals surface area (Å²) < 4.78 is 3.83. The minimum atomic E-state index is -0.0771. The molecule has 0 radical (unpaired) electrons. The van der Waals surface area contributed by atoms with Crippen LogP contribution in [0.5, 0.6) is 0 Å². The van der Waals surface area contributed by atoms with Crippen LogP contribution in [-0.4, -0.2) is 70.7 Å². The van der Waals surface area contributed by atoms with Crippen molar-refractivity contribution in [3.8, 4) is 0 Å². The molecule has 7 heteroatoms. The molecule has 7 nitrogen and oxygen atoms in total. The van der Waals surface area contributed by atoms with Crippen LogP contribution in [0, 0.1) is 0 Å². The van der Waals surface area contributed by atoms with Gasteiger partial charge in [-0.2, -0.15) is 0 Å². The number of pyridine rings is 1. The Hall–Kier alpha value is -2.64. The third-order valence-corrected chi connectivity index (χ3v) is 8.14. The van der Waals surface area contributed by atoms with Gasteiger partial charge in [0.1, 0.15) is 5.52 Å². The van der Waals surface area contributed by atoms with E-state index in [0.717, 1.165) is 87.7 Å². The molecular formula is C28H39N5O2. The fourth-order valence-corrected chi connectivity index (χ4v) is 6.03. The molecule has 2 fully saturated rings. The Labute approximate surface area is 207 Å². The molecule has 0 atom stereocenters. The Kier molecular flexibility index (Phi) is 7.25. The van der Waals surface area contributed by atoms with Crippen molar-refractivity contribution in [2.75, 3.05) is 45.8 Å². The monoisotopic (exact) mass is 477 g/mol. The number of piperazine rings is 1. The fourth-order valence-electron chi connectivity index (χ4n) is 6.03. The number of amides is 1. The smallest absolute Gasteiger partial charge is 0.275 e. The zero-order valence-corrected chi connectivity index (χ0v) is 21.3. The van der Waals surface area contributed by atoms with Crippen LogP contribution in [0.25, 0.3) is 21.8 Å². The summed E-state index contributed by atoms with van der Waals surface area (Å²) in [5.41, 5.74) is 2.27. The van der Waals surface area contributed by atoms with E-state index in [-0.39, 0.29) is 17.5 Å². The molecule has 1 aliphatic heterocycles. The number of benzene rings is 1. The second kappa shape index (κ2) is 10.5. The van der Waals surface area contributed by atoms with E-state index in [1.807, 2.05) is 46.6 Å². The molecule has 0 bridgehead atoms. The van der Waals surface area contributed by atoms with E-state index in [1.165, 1.54) is 6.42 Å². The molecule has 3 heterocycles. The van der Waals surface area contributed by atoms with Crippen molar-refractivity contribution in [3.63, 3.8) is 0 Å². The molecule has 1 N–H and O–H groups in total. The highest BCUT2D eigenvalue weighted by molar-refractivity contribution is 6.17. The third-order valence-electron chi connectivity index (χ3n) is 8.14. The average molecular weight is 478 g/mol. The summed E-state index contributed by atoms with van der Waals surface area (Å²) in [6.07, 6.45) is 8.29. The maximum absolute atomic E-state index is 13.7. The summed E-state index contributed by atoms with van der Waals surface area (Å²) >= 11 is 0.